The number of rotatable bonds is 3. The number of halogens is 1. The van der Waals surface area contributed by atoms with Gasteiger partial charge in [0, 0.05) is 40.8 Å². The first-order valence-electron chi connectivity index (χ1n) is 9.04. The van der Waals surface area contributed by atoms with Crippen LogP contribution in [0.1, 0.15) is 18.4 Å². The molecule has 4 N–H and O–H groups in total. The quantitative estimate of drug-likeness (QED) is 0.666. The second kappa shape index (κ2) is 6.92. The van der Waals surface area contributed by atoms with Crippen LogP contribution < -0.4 is 16.4 Å². The Labute approximate surface area is 152 Å². The summed E-state index contributed by atoms with van der Waals surface area (Å²) in [6, 6.07) is 11.4. The van der Waals surface area contributed by atoms with Gasteiger partial charge in [-0.15, -0.1) is 0 Å². The van der Waals surface area contributed by atoms with Gasteiger partial charge in [-0.3, -0.25) is 0 Å². The molecule has 2 aromatic carbocycles. The molecule has 1 fully saturated rings. The highest BCUT2D eigenvalue weighted by Crippen LogP contribution is 2.35. The summed E-state index contributed by atoms with van der Waals surface area (Å²) >= 11 is 0. The number of nitrogen functional groups attached to an aromatic ring is 1. The van der Waals surface area contributed by atoms with Crippen molar-refractivity contribution in [2.45, 2.75) is 25.8 Å². The lowest BCUT2D eigenvalue weighted by Gasteiger charge is -2.26. The van der Waals surface area contributed by atoms with E-state index in [0.29, 0.717) is 17.4 Å². The van der Waals surface area contributed by atoms with E-state index in [2.05, 4.69) is 15.6 Å². The molecule has 0 saturated carbocycles. The Morgan fingerprint density at radius 2 is 2.15 bits per heavy atom. The SMILES string of the molecule is Cc1cccc(F)c1-c1cc(N[C@H]2CCCNC2)c2cc(N)ncc2c1. The zero-order valence-corrected chi connectivity index (χ0v) is 14.8. The Hall–Kier alpha value is -2.66. The first-order valence-corrected chi connectivity index (χ1v) is 9.04. The van der Waals surface area contributed by atoms with Gasteiger partial charge < -0.3 is 16.4 Å². The number of piperidine rings is 1. The van der Waals surface area contributed by atoms with E-state index in [9.17, 15) is 4.39 Å². The van der Waals surface area contributed by atoms with Gasteiger partial charge in [-0.05, 0) is 61.7 Å². The van der Waals surface area contributed by atoms with Gasteiger partial charge in [0.1, 0.15) is 11.6 Å². The summed E-state index contributed by atoms with van der Waals surface area (Å²) in [5.41, 5.74) is 9.29. The molecule has 134 valence electrons. The van der Waals surface area contributed by atoms with E-state index in [4.69, 9.17) is 5.73 Å². The third kappa shape index (κ3) is 3.22. The highest BCUT2D eigenvalue weighted by Gasteiger charge is 2.16. The number of hydrogen-bond acceptors (Lipinski definition) is 4. The molecule has 4 nitrogen and oxygen atoms in total. The van der Waals surface area contributed by atoms with E-state index in [1.165, 1.54) is 6.07 Å². The minimum absolute atomic E-state index is 0.210. The minimum Gasteiger partial charge on any atom is -0.384 e. The van der Waals surface area contributed by atoms with E-state index in [-0.39, 0.29) is 5.82 Å². The lowest BCUT2D eigenvalue weighted by Crippen LogP contribution is -2.38. The summed E-state index contributed by atoms with van der Waals surface area (Å²) in [4.78, 5) is 4.22. The lowest BCUT2D eigenvalue weighted by atomic mass is 9.96. The summed E-state index contributed by atoms with van der Waals surface area (Å²) in [5, 5.41) is 9.02. The van der Waals surface area contributed by atoms with Crippen molar-refractivity contribution in [3.05, 3.63) is 54.0 Å². The average molecular weight is 350 g/mol. The summed E-state index contributed by atoms with van der Waals surface area (Å²) in [7, 11) is 0. The van der Waals surface area contributed by atoms with Crippen molar-refractivity contribution in [2.75, 3.05) is 24.1 Å². The normalized spacial score (nSPS) is 17.4. The third-order valence-corrected chi connectivity index (χ3v) is 5.02. The number of aryl methyl sites for hydroxylation is 1. The van der Waals surface area contributed by atoms with Gasteiger partial charge in [0.15, 0.2) is 0 Å². The van der Waals surface area contributed by atoms with Crippen molar-refractivity contribution in [1.29, 1.82) is 0 Å². The van der Waals surface area contributed by atoms with E-state index in [1.54, 1.807) is 12.3 Å². The molecule has 1 aromatic heterocycles. The van der Waals surface area contributed by atoms with Gasteiger partial charge in [0.05, 0.1) is 0 Å². The van der Waals surface area contributed by atoms with Crippen molar-refractivity contribution < 1.29 is 4.39 Å². The predicted octanol–water partition coefficient (Wildman–Crippen LogP) is 4.10. The molecular weight excluding hydrogens is 327 g/mol. The molecule has 5 heteroatoms. The second-order valence-corrected chi connectivity index (χ2v) is 6.97. The highest BCUT2D eigenvalue weighted by molar-refractivity contribution is 5.98. The molecule has 0 unspecified atom stereocenters. The molecule has 0 bridgehead atoms. The van der Waals surface area contributed by atoms with Crippen LogP contribution >= 0.6 is 0 Å². The Kier molecular flexibility index (Phi) is 4.47. The van der Waals surface area contributed by atoms with Gasteiger partial charge in [-0.25, -0.2) is 9.37 Å². The average Bonchev–Trinajstić information content (AvgIpc) is 2.63. The summed E-state index contributed by atoms with van der Waals surface area (Å²) < 4.78 is 14.5. The van der Waals surface area contributed by atoms with Gasteiger partial charge in [-0.1, -0.05) is 12.1 Å². The fourth-order valence-corrected chi connectivity index (χ4v) is 3.73. The Morgan fingerprint density at radius 1 is 1.27 bits per heavy atom. The number of aromatic nitrogens is 1. The molecule has 0 amide bonds. The molecule has 3 aromatic rings. The number of benzene rings is 2. The summed E-state index contributed by atoms with van der Waals surface area (Å²) in [5.74, 6) is 0.273. The monoisotopic (exact) mass is 350 g/mol. The Morgan fingerprint density at radius 3 is 2.92 bits per heavy atom. The van der Waals surface area contributed by atoms with Crippen molar-refractivity contribution in [3.8, 4) is 11.1 Å². The molecular formula is C21H23FN4. The fraction of sp³-hybridized carbons (Fsp3) is 0.286. The number of nitrogens with two attached hydrogens (primary N) is 1. The number of pyridine rings is 1. The number of nitrogens with one attached hydrogen (secondary N) is 2. The zero-order valence-electron chi connectivity index (χ0n) is 14.8. The number of fused-ring (bicyclic) bond motifs is 1. The molecule has 1 aliphatic heterocycles. The standard InChI is InChI=1S/C21H23FN4/c1-13-4-2-6-18(22)21(13)14-8-15-11-25-20(23)10-17(15)19(9-14)26-16-5-3-7-24-12-16/h2,4,6,8-11,16,24,26H,3,5,7,12H2,1H3,(H2,23,25)/t16-/m0/s1. The highest BCUT2D eigenvalue weighted by atomic mass is 19.1. The molecule has 2 heterocycles. The predicted molar refractivity (Wildman–Crippen MR) is 106 cm³/mol. The van der Waals surface area contributed by atoms with Crippen LogP contribution in [0, 0.1) is 12.7 Å². The van der Waals surface area contributed by atoms with Crippen LogP contribution in [0.3, 0.4) is 0 Å². The van der Waals surface area contributed by atoms with Crippen LogP contribution in [0.4, 0.5) is 15.9 Å². The second-order valence-electron chi connectivity index (χ2n) is 6.97. The molecule has 0 aliphatic carbocycles. The maximum atomic E-state index is 14.5. The van der Waals surface area contributed by atoms with Crippen LogP contribution in [0.5, 0.6) is 0 Å². The van der Waals surface area contributed by atoms with E-state index < -0.39 is 0 Å². The maximum absolute atomic E-state index is 14.5. The van der Waals surface area contributed by atoms with Crippen LogP contribution in [0.25, 0.3) is 21.9 Å². The van der Waals surface area contributed by atoms with Crippen molar-refractivity contribution in [1.82, 2.24) is 10.3 Å². The zero-order chi connectivity index (χ0) is 18.1. The molecule has 26 heavy (non-hydrogen) atoms. The number of hydrogen-bond donors (Lipinski definition) is 3. The van der Waals surface area contributed by atoms with E-state index >= 15 is 0 Å². The van der Waals surface area contributed by atoms with Crippen molar-refractivity contribution >= 4 is 22.3 Å². The van der Waals surface area contributed by atoms with Crippen molar-refractivity contribution in [3.63, 3.8) is 0 Å². The number of nitrogens with zero attached hydrogens (tertiary/aromatic N) is 1. The molecule has 0 spiro atoms. The third-order valence-electron chi connectivity index (χ3n) is 5.02. The molecule has 1 saturated heterocycles. The maximum Gasteiger partial charge on any atom is 0.131 e. The topological polar surface area (TPSA) is 63.0 Å². The van der Waals surface area contributed by atoms with Crippen LogP contribution in [-0.4, -0.2) is 24.1 Å². The molecule has 1 atom stereocenters. The van der Waals surface area contributed by atoms with E-state index in [1.807, 2.05) is 31.2 Å². The van der Waals surface area contributed by atoms with Crippen LogP contribution in [0.2, 0.25) is 0 Å². The van der Waals surface area contributed by atoms with Gasteiger partial charge in [-0.2, -0.15) is 0 Å². The molecule has 1 aliphatic rings. The Bertz CT molecular complexity index is 928. The first-order chi connectivity index (χ1) is 12.6. The molecule has 0 radical (unpaired) electrons. The van der Waals surface area contributed by atoms with Crippen LogP contribution in [-0.2, 0) is 0 Å². The van der Waals surface area contributed by atoms with Gasteiger partial charge in [0.25, 0.3) is 0 Å². The Balaban J connectivity index is 1.86. The number of anilines is 2. The van der Waals surface area contributed by atoms with Crippen LogP contribution in [0.15, 0.2) is 42.6 Å². The smallest absolute Gasteiger partial charge is 0.131 e. The minimum atomic E-state index is -0.210. The largest absolute Gasteiger partial charge is 0.384 e. The fourth-order valence-electron chi connectivity index (χ4n) is 3.73. The summed E-state index contributed by atoms with van der Waals surface area (Å²) in [6.45, 7) is 3.91. The van der Waals surface area contributed by atoms with Gasteiger partial charge >= 0.3 is 0 Å². The summed E-state index contributed by atoms with van der Waals surface area (Å²) in [6.07, 6.45) is 4.01. The van der Waals surface area contributed by atoms with Gasteiger partial charge in [0.2, 0.25) is 0 Å². The van der Waals surface area contributed by atoms with Crippen molar-refractivity contribution in [2.24, 2.45) is 0 Å². The van der Waals surface area contributed by atoms with E-state index in [0.717, 1.165) is 53.5 Å². The lowest BCUT2D eigenvalue weighted by molar-refractivity contribution is 0.480. The first kappa shape index (κ1) is 16.8. The molecule has 4 rings (SSSR count).